The number of halogens is 1. The van der Waals surface area contributed by atoms with Gasteiger partial charge in [0.2, 0.25) is 0 Å². The maximum absolute atomic E-state index is 13.3. The molecule has 2 amide bonds. The fourth-order valence-corrected chi connectivity index (χ4v) is 5.38. The zero-order valence-corrected chi connectivity index (χ0v) is 20.6. The van der Waals surface area contributed by atoms with Gasteiger partial charge in [-0.2, -0.15) is 0 Å². The molecule has 1 spiro atoms. The topological polar surface area (TPSA) is 61.9 Å². The predicted molar refractivity (Wildman–Crippen MR) is 138 cm³/mol. The zero-order chi connectivity index (χ0) is 25.3. The summed E-state index contributed by atoms with van der Waals surface area (Å²) in [5, 5.41) is 2.92. The summed E-state index contributed by atoms with van der Waals surface area (Å²) in [6.45, 7) is 5.36. The van der Waals surface area contributed by atoms with E-state index in [0.717, 1.165) is 43.7 Å². The number of likely N-dealkylation sites (tertiary alicyclic amines) is 1. The van der Waals surface area contributed by atoms with Crippen LogP contribution in [-0.4, -0.2) is 43.6 Å². The number of methoxy groups -OCH3 is 1. The minimum absolute atomic E-state index is 0.0905. The van der Waals surface area contributed by atoms with Crippen molar-refractivity contribution in [1.29, 1.82) is 0 Å². The molecule has 186 valence electrons. The van der Waals surface area contributed by atoms with E-state index in [9.17, 15) is 14.0 Å². The molecule has 1 saturated heterocycles. The van der Waals surface area contributed by atoms with Crippen molar-refractivity contribution in [3.8, 4) is 0 Å². The van der Waals surface area contributed by atoms with Crippen LogP contribution in [-0.2, 0) is 16.7 Å². The third-order valence-corrected chi connectivity index (χ3v) is 7.41. The standard InChI is InChI=1S/C29H30FN3O3/c1-20-3-12-26-25(17-20)29(19-33(26)28(35)31-24-10-8-23(30)9-11-24)13-15-32(16-14-29)18-21-4-6-22(7-5-21)27(34)36-2/h3-12,17H,13-16,18-19H2,1-2H3,(H,31,35). The Morgan fingerprint density at radius 1 is 1.00 bits per heavy atom. The number of rotatable bonds is 4. The van der Waals surface area contributed by atoms with Gasteiger partial charge in [0.15, 0.2) is 0 Å². The Kier molecular flexibility index (Phi) is 6.49. The van der Waals surface area contributed by atoms with E-state index in [1.807, 2.05) is 29.2 Å². The quantitative estimate of drug-likeness (QED) is 0.493. The van der Waals surface area contributed by atoms with E-state index in [1.165, 1.54) is 30.4 Å². The highest BCUT2D eigenvalue weighted by Gasteiger charge is 2.46. The first-order valence-corrected chi connectivity index (χ1v) is 12.2. The summed E-state index contributed by atoms with van der Waals surface area (Å²) in [5.74, 6) is -0.662. The van der Waals surface area contributed by atoms with Crippen LogP contribution >= 0.6 is 0 Å². The Morgan fingerprint density at radius 2 is 1.69 bits per heavy atom. The first kappa shape index (κ1) is 24.0. The number of urea groups is 1. The number of benzene rings is 3. The molecule has 0 aliphatic carbocycles. The van der Waals surface area contributed by atoms with Gasteiger partial charge in [-0.15, -0.1) is 0 Å². The molecule has 0 atom stereocenters. The van der Waals surface area contributed by atoms with E-state index in [-0.39, 0.29) is 23.2 Å². The molecule has 5 rings (SSSR count). The van der Waals surface area contributed by atoms with Crippen molar-refractivity contribution in [1.82, 2.24) is 4.90 Å². The monoisotopic (exact) mass is 487 g/mol. The van der Waals surface area contributed by atoms with E-state index < -0.39 is 0 Å². The molecular formula is C29H30FN3O3. The summed E-state index contributed by atoms with van der Waals surface area (Å²) in [7, 11) is 1.38. The van der Waals surface area contributed by atoms with E-state index >= 15 is 0 Å². The van der Waals surface area contributed by atoms with Crippen molar-refractivity contribution in [2.45, 2.75) is 31.7 Å². The van der Waals surface area contributed by atoms with Gasteiger partial charge in [-0.05, 0) is 86.4 Å². The van der Waals surface area contributed by atoms with Gasteiger partial charge in [0, 0.05) is 29.9 Å². The lowest BCUT2D eigenvalue weighted by atomic mass is 9.74. The van der Waals surface area contributed by atoms with Crippen LogP contribution < -0.4 is 10.2 Å². The van der Waals surface area contributed by atoms with Crippen LogP contribution in [0.2, 0.25) is 0 Å². The molecule has 1 N–H and O–H groups in total. The van der Waals surface area contributed by atoms with Crippen LogP contribution in [0.3, 0.4) is 0 Å². The van der Waals surface area contributed by atoms with Crippen LogP contribution in [0.1, 0.15) is 39.9 Å². The highest BCUT2D eigenvalue weighted by Crippen LogP contribution is 2.47. The van der Waals surface area contributed by atoms with E-state index in [1.54, 1.807) is 24.3 Å². The van der Waals surface area contributed by atoms with Crippen LogP contribution in [0.5, 0.6) is 0 Å². The Labute approximate surface area is 210 Å². The highest BCUT2D eigenvalue weighted by molar-refractivity contribution is 6.03. The molecule has 0 saturated carbocycles. The number of carbonyl (C=O) groups is 2. The number of esters is 1. The largest absolute Gasteiger partial charge is 0.465 e. The van der Waals surface area contributed by atoms with Crippen molar-refractivity contribution >= 4 is 23.4 Å². The van der Waals surface area contributed by atoms with Gasteiger partial charge in [0.1, 0.15) is 5.82 Å². The van der Waals surface area contributed by atoms with Crippen molar-refractivity contribution in [3.05, 3.63) is 94.8 Å². The molecule has 2 heterocycles. The third-order valence-electron chi connectivity index (χ3n) is 7.41. The number of fused-ring (bicyclic) bond motifs is 2. The maximum Gasteiger partial charge on any atom is 0.337 e. The molecule has 0 unspecified atom stereocenters. The molecule has 0 bridgehead atoms. The smallest absolute Gasteiger partial charge is 0.337 e. The van der Waals surface area contributed by atoms with Crippen LogP contribution in [0.15, 0.2) is 66.7 Å². The number of anilines is 2. The van der Waals surface area contributed by atoms with Crippen LogP contribution in [0, 0.1) is 12.7 Å². The normalized spacial score (nSPS) is 16.6. The number of amides is 2. The number of piperidine rings is 1. The predicted octanol–water partition coefficient (Wildman–Crippen LogP) is 5.51. The van der Waals surface area contributed by atoms with Gasteiger partial charge in [0.05, 0.1) is 12.7 Å². The number of nitrogens with zero attached hydrogens (tertiary/aromatic N) is 2. The van der Waals surface area contributed by atoms with Gasteiger partial charge in [-0.1, -0.05) is 29.8 Å². The minimum atomic E-state index is -0.333. The molecule has 1 fully saturated rings. The number of carbonyl (C=O) groups excluding carboxylic acids is 2. The molecular weight excluding hydrogens is 457 g/mol. The van der Waals surface area contributed by atoms with Crippen molar-refractivity contribution in [3.63, 3.8) is 0 Å². The third kappa shape index (κ3) is 4.71. The van der Waals surface area contributed by atoms with Gasteiger partial charge >= 0.3 is 12.0 Å². The van der Waals surface area contributed by atoms with Crippen molar-refractivity contribution in [2.75, 3.05) is 37.0 Å². The molecule has 36 heavy (non-hydrogen) atoms. The number of nitrogens with one attached hydrogen (secondary N) is 1. The molecule has 3 aromatic carbocycles. The first-order valence-electron chi connectivity index (χ1n) is 12.2. The van der Waals surface area contributed by atoms with Crippen molar-refractivity contribution < 1.29 is 18.7 Å². The number of aryl methyl sites for hydroxylation is 1. The Balaban J connectivity index is 1.29. The van der Waals surface area contributed by atoms with Crippen LogP contribution in [0.25, 0.3) is 0 Å². The lowest BCUT2D eigenvalue weighted by Crippen LogP contribution is -2.46. The summed E-state index contributed by atoms with van der Waals surface area (Å²) in [5.41, 5.74) is 5.56. The number of hydrogen-bond acceptors (Lipinski definition) is 4. The van der Waals surface area contributed by atoms with E-state index in [2.05, 4.69) is 23.2 Å². The first-order chi connectivity index (χ1) is 17.4. The minimum Gasteiger partial charge on any atom is -0.465 e. The molecule has 7 heteroatoms. The van der Waals surface area contributed by atoms with Crippen molar-refractivity contribution in [2.24, 2.45) is 0 Å². The number of hydrogen-bond donors (Lipinski definition) is 1. The molecule has 2 aliphatic heterocycles. The summed E-state index contributed by atoms with van der Waals surface area (Å²) in [6.07, 6.45) is 1.90. The van der Waals surface area contributed by atoms with E-state index in [4.69, 9.17) is 4.74 Å². The lowest BCUT2D eigenvalue weighted by Gasteiger charge is -2.40. The lowest BCUT2D eigenvalue weighted by molar-refractivity contribution is 0.0600. The fraction of sp³-hybridized carbons (Fsp3) is 0.310. The Bertz CT molecular complexity index is 1270. The summed E-state index contributed by atoms with van der Waals surface area (Å²) in [4.78, 5) is 29.2. The summed E-state index contributed by atoms with van der Waals surface area (Å²) >= 11 is 0. The average Bonchev–Trinajstić information content (AvgIpc) is 3.20. The molecule has 2 aliphatic rings. The second-order valence-electron chi connectivity index (χ2n) is 9.79. The van der Waals surface area contributed by atoms with Crippen LogP contribution in [0.4, 0.5) is 20.6 Å². The second kappa shape index (κ2) is 9.74. The fourth-order valence-electron chi connectivity index (χ4n) is 5.38. The molecule has 0 aromatic heterocycles. The zero-order valence-electron chi connectivity index (χ0n) is 20.6. The average molecular weight is 488 g/mol. The summed E-state index contributed by atoms with van der Waals surface area (Å²) in [6, 6.07) is 19.5. The molecule has 0 radical (unpaired) electrons. The van der Waals surface area contributed by atoms with Gasteiger partial charge < -0.3 is 10.1 Å². The number of ether oxygens (including phenoxy) is 1. The van der Waals surface area contributed by atoms with Gasteiger partial charge in [-0.25, -0.2) is 14.0 Å². The SMILES string of the molecule is COC(=O)c1ccc(CN2CCC3(CC2)CN(C(=O)Nc2ccc(F)cc2)c2ccc(C)cc23)cc1. The van der Waals surface area contributed by atoms with Gasteiger partial charge in [0.25, 0.3) is 0 Å². The van der Waals surface area contributed by atoms with Gasteiger partial charge in [-0.3, -0.25) is 9.80 Å². The summed E-state index contributed by atoms with van der Waals surface area (Å²) < 4.78 is 18.1. The second-order valence-corrected chi connectivity index (χ2v) is 9.79. The van der Waals surface area contributed by atoms with E-state index in [0.29, 0.717) is 17.8 Å². The maximum atomic E-state index is 13.3. The molecule has 6 nitrogen and oxygen atoms in total. The Hall–Kier alpha value is -3.71. The highest BCUT2D eigenvalue weighted by atomic mass is 19.1. The molecule has 3 aromatic rings. The Morgan fingerprint density at radius 3 is 2.36 bits per heavy atom.